The third-order valence-electron chi connectivity index (χ3n) is 2.34. The van der Waals surface area contributed by atoms with E-state index in [9.17, 15) is 9.18 Å². The van der Waals surface area contributed by atoms with E-state index in [0.717, 1.165) is 0 Å². The van der Waals surface area contributed by atoms with Crippen LogP contribution in [0.3, 0.4) is 0 Å². The lowest BCUT2D eigenvalue weighted by molar-refractivity contribution is 0.599. The van der Waals surface area contributed by atoms with Crippen molar-refractivity contribution in [1.82, 2.24) is 9.97 Å². The summed E-state index contributed by atoms with van der Waals surface area (Å²) in [5.74, 6) is -0.463. The van der Waals surface area contributed by atoms with E-state index in [1.807, 2.05) is 6.07 Å². The highest BCUT2D eigenvalue weighted by Crippen LogP contribution is 2.17. The van der Waals surface area contributed by atoms with Crippen LogP contribution in [-0.4, -0.2) is 16.5 Å². The molecule has 0 amide bonds. The summed E-state index contributed by atoms with van der Waals surface area (Å²) in [6.07, 6.45) is 0.412. The molecule has 5 heteroatoms. The van der Waals surface area contributed by atoms with Crippen LogP contribution >= 0.6 is 0 Å². The number of nitrogens with two attached hydrogens (primary N) is 1. The molecule has 1 aromatic carbocycles. The molecule has 1 aromatic heterocycles. The van der Waals surface area contributed by atoms with Crippen molar-refractivity contribution < 1.29 is 4.39 Å². The molecule has 0 saturated carbocycles. The van der Waals surface area contributed by atoms with E-state index in [0.29, 0.717) is 24.4 Å². The Labute approximate surface area is 97.3 Å². The highest BCUT2D eigenvalue weighted by molar-refractivity contribution is 5.59. The highest BCUT2D eigenvalue weighted by atomic mass is 19.1. The topological polar surface area (TPSA) is 71.8 Å². The number of hydrogen-bond acceptors (Lipinski definition) is 3. The molecular formula is C12H12FN3O. The Hall–Kier alpha value is -2.01. The van der Waals surface area contributed by atoms with Crippen LogP contribution in [-0.2, 0) is 6.42 Å². The summed E-state index contributed by atoms with van der Waals surface area (Å²) in [5.41, 5.74) is 5.27. The summed E-state index contributed by atoms with van der Waals surface area (Å²) < 4.78 is 13.7. The number of benzene rings is 1. The van der Waals surface area contributed by atoms with Crippen molar-refractivity contribution in [2.24, 2.45) is 5.73 Å². The first-order chi connectivity index (χ1) is 8.22. The summed E-state index contributed by atoms with van der Waals surface area (Å²) >= 11 is 0. The Morgan fingerprint density at radius 1 is 1.29 bits per heavy atom. The first kappa shape index (κ1) is 11.5. The second kappa shape index (κ2) is 4.88. The van der Waals surface area contributed by atoms with Gasteiger partial charge in [-0.25, -0.2) is 4.98 Å². The first-order valence-electron chi connectivity index (χ1n) is 5.26. The molecule has 1 heterocycles. The second-order valence-electron chi connectivity index (χ2n) is 3.58. The van der Waals surface area contributed by atoms with Gasteiger partial charge in [-0.15, -0.1) is 0 Å². The van der Waals surface area contributed by atoms with E-state index in [1.54, 1.807) is 24.3 Å². The third-order valence-corrected chi connectivity index (χ3v) is 2.34. The zero-order chi connectivity index (χ0) is 12.3. The monoisotopic (exact) mass is 233 g/mol. The molecular weight excluding hydrogens is 221 g/mol. The number of rotatable bonds is 3. The van der Waals surface area contributed by atoms with E-state index in [4.69, 9.17) is 5.73 Å². The fourth-order valence-corrected chi connectivity index (χ4v) is 1.55. The van der Waals surface area contributed by atoms with Gasteiger partial charge in [0.05, 0.1) is 0 Å². The van der Waals surface area contributed by atoms with Crippen molar-refractivity contribution in [3.05, 3.63) is 52.3 Å². The summed E-state index contributed by atoms with van der Waals surface area (Å²) in [7, 11) is 0. The zero-order valence-corrected chi connectivity index (χ0v) is 9.11. The standard InChI is InChI=1S/C12H12FN3O/c13-10-11(8-4-2-1-3-5-8)15-9(6-7-14)16-12(10)17/h1-5H,6-7,14H2,(H,15,16,17). The Kier molecular flexibility index (Phi) is 3.30. The molecule has 0 aliphatic heterocycles. The van der Waals surface area contributed by atoms with Crippen LogP contribution in [0.1, 0.15) is 5.82 Å². The summed E-state index contributed by atoms with van der Waals surface area (Å²) in [5, 5.41) is 0. The number of halogens is 1. The van der Waals surface area contributed by atoms with Crippen LogP contribution in [0.5, 0.6) is 0 Å². The quantitative estimate of drug-likeness (QED) is 0.833. The maximum Gasteiger partial charge on any atom is 0.287 e. The van der Waals surface area contributed by atoms with Gasteiger partial charge in [-0.1, -0.05) is 30.3 Å². The van der Waals surface area contributed by atoms with Gasteiger partial charge in [0.2, 0.25) is 5.82 Å². The van der Waals surface area contributed by atoms with E-state index >= 15 is 0 Å². The van der Waals surface area contributed by atoms with Crippen molar-refractivity contribution in [1.29, 1.82) is 0 Å². The van der Waals surface area contributed by atoms with Crippen molar-refractivity contribution in [3.63, 3.8) is 0 Å². The van der Waals surface area contributed by atoms with Crippen molar-refractivity contribution in [2.45, 2.75) is 6.42 Å². The maximum absolute atomic E-state index is 13.7. The average molecular weight is 233 g/mol. The molecule has 0 aliphatic rings. The van der Waals surface area contributed by atoms with Gasteiger partial charge in [-0.2, -0.15) is 4.39 Å². The lowest BCUT2D eigenvalue weighted by atomic mass is 10.1. The molecule has 0 spiro atoms. The molecule has 0 atom stereocenters. The summed E-state index contributed by atoms with van der Waals surface area (Å²) in [4.78, 5) is 17.8. The molecule has 3 N–H and O–H groups in total. The summed E-state index contributed by atoms with van der Waals surface area (Å²) in [6, 6.07) is 8.75. The predicted octanol–water partition coefficient (Wildman–Crippen LogP) is 1.08. The van der Waals surface area contributed by atoms with Crippen molar-refractivity contribution in [2.75, 3.05) is 6.54 Å². The Bertz CT molecular complexity index is 566. The molecule has 0 aliphatic carbocycles. The Balaban J connectivity index is 2.57. The van der Waals surface area contributed by atoms with Gasteiger partial charge >= 0.3 is 0 Å². The van der Waals surface area contributed by atoms with Gasteiger partial charge in [0.25, 0.3) is 5.56 Å². The molecule has 0 saturated heterocycles. The highest BCUT2D eigenvalue weighted by Gasteiger charge is 2.12. The van der Waals surface area contributed by atoms with Gasteiger partial charge in [0.15, 0.2) is 0 Å². The van der Waals surface area contributed by atoms with Gasteiger partial charge in [0, 0.05) is 12.0 Å². The van der Waals surface area contributed by atoms with Gasteiger partial charge < -0.3 is 10.7 Å². The van der Waals surface area contributed by atoms with Gasteiger partial charge in [-0.05, 0) is 6.54 Å². The van der Waals surface area contributed by atoms with Crippen molar-refractivity contribution in [3.8, 4) is 11.3 Å². The van der Waals surface area contributed by atoms with Crippen LogP contribution in [0.15, 0.2) is 35.1 Å². The van der Waals surface area contributed by atoms with Crippen molar-refractivity contribution >= 4 is 0 Å². The largest absolute Gasteiger partial charge is 0.330 e. The van der Waals surface area contributed by atoms with E-state index in [-0.39, 0.29) is 5.69 Å². The molecule has 0 bridgehead atoms. The third kappa shape index (κ3) is 2.39. The minimum absolute atomic E-state index is 0.0674. The fraction of sp³-hybridized carbons (Fsp3) is 0.167. The lowest BCUT2D eigenvalue weighted by Gasteiger charge is -2.04. The number of aromatic nitrogens is 2. The Morgan fingerprint density at radius 3 is 2.65 bits per heavy atom. The molecule has 2 aromatic rings. The average Bonchev–Trinajstić information content (AvgIpc) is 2.35. The second-order valence-corrected chi connectivity index (χ2v) is 3.58. The lowest BCUT2D eigenvalue weighted by Crippen LogP contribution is -2.19. The van der Waals surface area contributed by atoms with Crippen LogP contribution in [0.2, 0.25) is 0 Å². The van der Waals surface area contributed by atoms with Crippen LogP contribution < -0.4 is 11.3 Å². The van der Waals surface area contributed by atoms with E-state index in [2.05, 4.69) is 9.97 Å². The minimum atomic E-state index is -0.864. The SMILES string of the molecule is NCCc1nc(-c2ccccc2)c(F)c(=O)[nH]1. The number of H-pyrrole nitrogens is 1. The molecule has 2 rings (SSSR count). The number of nitrogens with zero attached hydrogens (tertiary/aromatic N) is 1. The zero-order valence-electron chi connectivity index (χ0n) is 9.11. The molecule has 0 unspecified atom stereocenters. The molecule has 88 valence electrons. The normalized spacial score (nSPS) is 10.5. The first-order valence-corrected chi connectivity index (χ1v) is 5.26. The van der Waals surface area contributed by atoms with Crippen LogP contribution in [0, 0.1) is 5.82 Å². The van der Waals surface area contributed by atoms with Crippen LogP contribution in [0.4, 0.5) is 4.39 Å². The molecule has 4 nitrogen and oxygen atoms in total. The van der Waals surface area contributed by atoms with E-state index in [1.165, 1.54) is 0 Å². The predicted molar refractivity (Wildman–Crippen MR) is 63.0 cm³/mol. The van der Waals surface area contributed by atoms with Gasteiger partial charge in [-0.3, -0.25) is 4.79 Å². The molecule has 0 fully saturated rings. The number of hydrogen-bond donors (Lipinski definition) is 2. The number of nitrogens with one attached hydrogen (secondary N) is 1. The molecule has 0 radical (unpaired) electrons. The fourth-order valence-electron chi connectivity index (χ4n) is 1.55. The van der Waals surface area contributed by atoms with E-state index < -0.39 is 11.4 Å². The maximum atomic E-state index is 13.7. The summed E-state index contributed by atoms with van der Waals surface area (Å²) in [6.45, 7) is 0.350. The Morgan fingerprint density at radius 2 is 2.00 bits per heavy atom. The number of aromatic amines is 1. The van der Waals surface area contributed by atoms with Crippen LogP contribution in [0.25, 0.3) is 11.3 Å². The molecule has 17 heavy (non-hydrogen) atoms. The van der Waals surface area contributed by atoms with Gasteiger partial charge in [0.1, 0.15) is 11.5 Å². The minimum Gasteiger partial charge on any atom is -0.330 e. The smallest absolute Gasteiger partial charge is 0.287 e.